The van der Waals surface area contributed by atoms with Gasteiger partial charge in [-0.15, -0.1) is 0 Å². The molecule has 1 unspecified atom stereocenters. The van der Waals surface area contributed by atoms with Crippen molar-refractivity contribution >= 4 is 16.4 Å². The number of halogens is 3. The zero-order valence-electron chi connectivity index (χ0n) is 15.2. The molecule has 0 bridgehead atoms. The highest BCUT2D eigenvalue weighted by Gasteiger charge is 2.37. The molecule has 1 atom stereocenters. The van der Waals surface area contributed by atoms with Crippen molar-refractivity contribution in [2.45, 2.75) is 50.9 Å². The van der Waals surface area contributed by atoms with Crippen molar-refractivity contribution in [2.24, 2.45) is 5.92 Å². The molecule has 6 nitrogen and oxygen atoms in total. The molecule has 1 aliphatic carbocycles. The SMILES string of the molecule is O=CN(O)C(CS(=O)(=O)N1CCc2ccc(C(F)(F)F)cc2C1)C1CCCC1. The van der Waals surface area contributed by atoms with Crippen LogP contribution >= 0.6 is 0 Å². The van der Waals surface area contributed by atoms with Crippen LogP contribution in [0.4, 0.5) is 13.2 Å². The smallest absolute Gasteiger partial charge is 0.286 e. The van der Waals surface area contributed by atoms with E-state index in [1.54, 1.807) is 0 Å². The van der Waals surface area contributed by atoms with Crippen LogP contribution in [0.2, 0.25) is 0 Å². The number of alkyl halides is 3. The Morgan fingerprint density at radius 1 is 1.25 bits per heavy atom. The molecule has 156 valence electrons. The fourth-order valence-electron chi connectivity index (χ4n) is 4.11. The van der Waals surface area contributed by atoms with E-state index in [1.807, 2.05) is 0 Å². The van der Waals surface area contributed by atoms with Gasteiger partial charge in [0.05, 0.1) is 17.4 Å². The molecule has 2 aliphatic rings. The lowest BCUT2D eigenvalue weighted by Gasteiger charge is -2.33. The minimum atomic E-state index is -4.49. The Morgan fingerprint density at radius 2 is 1.93 bits per heavy atom. The van der Waals surface area contributed by atoms with E-state index in [9.17, 15) is 31.6 Å². The summed E-state index contributed by atoms with van der Waals surface area (Å²) in [6.45, 7) is 0.0100. The monoisotopic (exact) mass is 420 g/mol. The minimum absolute atomic E-state index is 0.112. The third kappa shape index (κ3) is 4.49. The lowest BCUT2D eigenvalue weighted by Crippen LogP contribution is -2.47. The number of rotatable bonds is 6. The van der Waals surface area contributed by atoms with Crippen LogP contribution < -0.4 is 0 Å². The van der Waals surface area contributed by atoms with Crippen molar-refractivity contribution in [2.75, 3.05) is 12.3 Å². The highest BCUT2D eigenvalue weighted by Crippen LogP contribution is 2.34. The maximum Gasteiger partial charge on any atom is 0.416 e. The maximum absolute atomic E-state index is 13.0. The molecule has 1 N–H and O–H groups in total. The first-order valence-corrected chi connectivity index (χ1v) is 10.8. The number of hydroxylamine groups is 2. The molecule has 0 spiro atoms. The van der Waals surface area contributed by atoms with Crippen molar-refractivity contribution in [1.29, 1.82) is 0 Å². The molecule has 1 saturated carbocycles. The lowest BCUT2D eigenvalue weighted by atomic mass is 9.98. The second kappa shape index (κ2) is 8.00. The van der Waals surface area contributed by atoms with Gasteiger partial charge in [0, 0.05) is 13.1 Å². The van der Waals surface area contributed by atoms with Gasteiger partial charge in [-0.1, -0.05) is 18.9 Å². The summed E-state index contributed by atoms with van der Waals surface area (Å²) in [5, 5.41) is 10.3. The highest BCUT2D eigenvalue weighted by molar-refractivity contribution is 7.89. The van der Waals surface area contributed by atoms with Crippen LogP contribution in [-0.4, -0.2) is 47.7 Å². The molecule has 1 heterocycles. The average molecular weight is 420 g/mol. The molecular formula is C18H23F3N2O4S. The molecular weight excluding hydrogens is 397 g/mol. The van der Waals surface area contributed by atoms with Gasteiger partial charge < -0.3 is 0 Å². The van der Waals surface area contributed by atoms with Crippen molar-refractivity contribution in [3.8, 4) is 0 Å². The summed E-state index contributed by atoms with van der Waals surface area (Å²) in [6, 6.07) is 2.54. The molecule has 1 aromatic rings. The number of nitrogens with zero attached hydrogens (tertiary/aromatic N) is 2. The van der Waals surface area contributed by atoms with E-state index in [2.05, 4.69) is 0 Å². The van der Waals surface area contributed by atoms with E-state index in [0.29, 0.717) is 22.6 Å². The van der Waals surface area contributed by atoms with E-state index in [0.717, 1.165) is 42.1 Å². The largest absolute Gasteiger partial charge is 0.416 e. The fourth-order valence-corrected chi connectivity index (χ4v) is 5.89. The van der Waals surface area contributed by atoms with Gasteiger partial charge in [0.1, 0.15) is 0 Å². The molecule has 3 rings (SSSR count). The standard InChI is InChI=1S/C18H23F3N2O4S/c19-18(20,21)16-6-5-13-7-8-22(10-15(13)9-16)28(26,27)11-17(23(25)12-24)14-3-1-2-4-14/h5-6,9,12,14,17,25H,1-4,7-8,10-11H2. The number of carbonyl (C=O) groups is 1. The summed E-state index contributed by atoms with van der Waals surface area (Å²) in [6.07, 6.45) is -0.704. The zero-order valence-corrected chi connectivity index (χ0v) is 16.0. The van der Waals surface area contributed by atoms with Crippen LogP contribution in [0, 0.1) is 5.92 Å². The first kappa shape index (κ1) is 21.1. The molecule has 1 fully saturated rings. The molecule has 0 aromatic heterocycles. The van der Waals surface area contributed by atoms with Crippen LogP contribution in [0.5, 0.6) is 0 Å². The van der Waals surface area contributed by atoms with Gasteiger partial charge in [0.2, 0.25) is 16.4 Å². The van der Waals surface area contributed by atoms with Gasteiger partial charge in [-0.3, -0.25) is 10.0 Å². The third-order valence-electron chi connectivity index (χ3n) is 5.68. The summed E-state index contributed by atoms with van der Waals surface area (Å²) in [4.78, 5) is 11.0. The second-order valence-corrected chi connectivity index (χ2v) is 9.45. The quantitative estimate of drug-likeness (QED) is 0.436. The van der Waals surface area contributed by atoms with Crippen LogP contribution in [0.15, 0.2) is 18.2 Å². The van der Waals surface area contributed by atoms with Crippen LogP contribution in [0.3, 0.4) is 0 Å². The summed E-state index contributed by atoms with van der Waals surface area (Å²) < 4.78 is 65.9. The minimum Gasteiger partial charge on any atom is -0.286 e. The number of hydrogen-bond donors (Lipinski definition) is 1. The lowest BCUT2D eigenvalue weighted by molar-refractivity contribution is -0.162. The molecule has 1 aliphatic heterocycles. The summed E-state index contributed by atoms with van der Waals surface area (Å²) in [5.74, 6) is -0.555. The van der Waals surface area contributed by atoms with Crippen molar-refractivity contribution in [3.05, 3.63) is 34.9 Å². The van der Waals surface area contributed by atoms with Crippen LogP contribution in [0.25, 0.3) is 0 Å². The number of hydrogen-bond acceptors (Lipinski definition) is 4. The van der Waals surface area contributed by atoms with Gasteiger partial charge >= 0.3 is 6.18 Å². The number of amides is 1. The van der Waals surface area contributed by atoms with E-state index < -0.39 is 33.6 Å². The Balaban J connectivity index is 1.79. The Kier molecular flexibility index (Phi) is 6.02. The van der Waals surface area contributed by atoms with Crippen LogP contribution in [0.1, 0.15) is 42.4 Å². The van der Waals surface area contributed by atoms with E-state index in [-0.39, 0.29) is 25.4 Å². The summed E-state index contributed by atoms with van der Waals surface area (Å²) >= 11 is 0. The molecule has 10 heteroatoms. The normalized spacial score (nSPS) is 20.0. The summed E-state index contributed by atoms with van der Waals surface area (Å²) in [5.41, 5.74) is 0.221. The zero-order chi connectivity index (χ0) is 20.5. The number of fused-ring (bicyclic) bond motifs is 1. The van der Waals surface area contributed by atoms with Crippen molar-refractivity contribution < 1.29 is 31.6 Å². The first-order valence-electron chi connectivity index (χ1n) is 9.21. The number of benzene rings is 1. The average Bonchev–Trinajstić information content (AvgIpc) is 3.18. The second-order valence-electron chi connectivity index (χ2n) is 7.44. The highest BCUT2D eigenvalue weighted by atomic mass is 32.2. The van der Waals surface area contributed by atoms with Crippen molar-refractivity contribution in [1.82, 2.24) is 9.37 Å². The third-order valence-corrected chi connectivity index (χ3v) is 7.54. The Hall–Kier alpha value is -1.65. The van der Waals surface area contributed by atoms with Gasteiger partial charge in [0.15, 0.2) is 0 Å². The van der Waals surface area contributed by atoms with Gasteiger partial charge in [-0.05, 0) is 48.4 Å². The number of carbonyl (C=O) groups excluding carboxylic acids is 1. The Labute approximate surface area is 161 Å². The Bertz CT molecular complexity index is 823. The topological polar surface area (TPSA) is 77.9 Å². The van der Waals surface area contributed by atoms with Gasteiger partial charge in [-0.2, -0.15) is 17.5 Å². The predicted octanol–water partition coefficient (Wildman–Crippen LogP) is 2.80. The van der Waals surface area contributed by atoms with Crippen molar-refractivity contribution in [3.63, 3.8) is 0 Å². The number of sulfonamides is 1. The first-order chi connectivity index (χ1) is 13.1. The molecule has 0 saturated heterocycles. The van der Waals surface area contributed by atoms with Gasteiger partial charge in [-0.25, -0.2) is 13.5 Å². The fraction of sp³-hybridized carbons (Fsp3) is 0.611. The molecule has 1 aromatic carbocycles. The summed E-state index contributed by atoms with van der Waals surface area (Å²) in [7, 11) is -3.87. The van der Waals surface area contributed by atoms with E-state index in [4.69, 9.17) is 0 Å². The molecule has 1 amide bonds. The van der Waals surface area contributed by atoms with E-state index in [1.165, 1.54) is 6.07 Å². The molecule has 0 radical (unpaired) electrons. The predicted molar refractivity (Wildman–Crippen MR) is 94.8 cm³/mol. The Morgan fingerprint density at radius 3 is 2.54 bits per heavy atom. The van der Waals surface area contributed by atoms with Gasteiger partial charge in [0.25, 0.3) is 0 Å². The van der Waals surface area contributed by atoms with Crippen LogP contribution in [-0.2, 0) is 34.0 Å². The maximum atomic E-state index is 13.0. The van der Waals surface area contributed by atoms with E-state index >= 15 is 0 Å². The molecule has 28 heavy (non-hydrogen) atoms.